The molecule has 1 aliphatic carbocycles. The van der Waals surface area contributed by atoms with Crippen molar-refractivity contribution >= 4 is 25.7 Å². The second-order valence-electron chi connectivity index (χ2n) is 7.34. The van der Waals surface area contributed by atoms with Crippen LogP contribution in [-0.4, -0.2) is 26.3 Å². The Kier molecular flexibility index (Phi) is 5.12. The molecule has 1 saturated carbocycles. The number of fused-ring (bicyclic) bond motifs is 1. The smallest absolute Gasteiger partial charge is 0.482 e. The van der Waals surface area contributed by atoms with Crippen LogP contribution in [0.4, 0.5) is 0 Å². The van der Waals surface area contributed by atoms with Crippen molar-refractivity contribution in [1.82, 2.24) is 0 Å². The van der Waals surface area contributed by atoms with Crippen molar-refractivity contribution in [3.8, 4) is 5.75 Å². The molecule has 2 aliphatic rings. The van der Waals surface area contributed by atoms with Crippen LogP contribution in [0, 0.1) is 5.92 Å². The quantitative estimate of drug-likeness (QED) is 0.750. The normalized spacial score (nSPS) is 23.1. The van der Waals surface area contributed by atoms with E-state index in [1.807, 2.05) is 25.1 Å². The summed E-state index contributed by atoms with van der Waals surface area (Å²) in [6.45, 7) is 6.74. The van der Waals surface area contributed by atoms with Crippen LogP contribution in [0.3, 0.4) is 0 Å². The van der Waals surface area contributed by atoms with Crippen molar-refractivity contribution in [2.24, 2.45) is 5.92 Å². The lowest BCUT2D eigenvalue weighted by Gasteiger charge is -2.40. The van der Waals surface area contributed by atoms with Gasteiger partial charge in [0.05, 0.1) is 6.61 Å². The van der Waals surface area contributed by atoms with Gasteiger partial charge in [-0.3, -0.25) is 9.59 Å². The zero-order valence-electron chi connectivity index (χ0n) is 15.8. The summed E-state index contributed by atoms with van der Waals surface area (Å²) in [4.78, 5) is 23.0. The number of hydrogen-bond acceptors (Lipinski definition) is 6. The zero-order chi connectivity index (χ0) is 18.9. The first-order valence-electron chi connectivity index (χ1n) is 9.07. The third-order valence-corrected chi connectivity index (χ3v) is 7.90. The maximum atomic E-state index is 11.5. The summed E-state index contributed by atoms with van der Waals surface area (Å²) in [5.74, 6) is -0.371. The highest BCUT2D eigenvalue weighted by Crippen LogP contribution is 2.41. The van der Waals surface area contributed by atoms with Crippen LogP contribution in [0.1, 0.15) is 52.0 Å². The number of carbonyl (C=O) groups excluding carboxylic acids is 2. The van der Waals surface area contributed by atoms with Gasteiger partial charge in [0, 0.05) is 44.0 Å². The molecule has 1 fully saturated rings. The molecule has 0 aromatic heterocycles. The maximum Gasteiger partial charge on any atom is 0.496 e. The van der Waals surface area contributed by atoms with Crippen molar-refractivity contribution in [3.63, 3.8) is 0 Å². The average Bonchev–Trinajstić information content (AvgIpc) is 3.08. The molecule has 0 saturated heterocycles. The van der Waals surface area contributed by atoms with Crippen LogP contribution in [0.2, 0.25) is 6.55 Å². The van der Waals surface area contributed by atoms with E-state index in [0.29, 0.717) is 17.7 Å². The molecule has 0 amide bonds. The van der Waals surface area contributed by atoms with Gasteiger partial charge in [0.2, 0.25) is 5.79 Å². The molecule has 3 rings (SSSR count). The summed E-state index contributed by atoms with van der Waals surface area (Å²) in [6, 6.07) is 5.54. The van der Waals surface area contributed by atoms with Gasteiger partial charge in [0.25, 0.3) is 11.9 Å². The molecule has 0 N–H and O–H groups in total. The molecule has 0 spiro atoms. The van der Waals surface area contributed by atoms with E-state index in [1.54, 1.807) is 6.55 Å². The summed E-state index contributed by atoms with van der Waals surface area (Å²) in [6.07, 6.45) is 4.67. The standard InChI is InChI=1S/C19H26O6Si/c1-13(20)24-26(4,25-14(2)21)17-9-10-18-15(11-17)12-22-19(3,23-18)16-7-5-6-8-16/h9-11,16H,5-8,12H2,1-4H3. The third kappa shape index (κ3) is 3.78. The van der Waals surface area contributed by atoms with E-state index in [9.17, 15) is 9.59 Å². The molecule has 6 nitrogen and oxygen atoms in total. The molecule has 26 heavy (non-hydrogen) atoms. The summed E-state index contributed by atoms with van der Waals surface area (Å²) < 4.78 is 23.1. The molecule has 1 atom stereocenters. The average molecular weight is 378 g/mol. The largest absolute Gasteiger partial charge is 0.496 e. The molecule has 1 aliphatic heterocycles. The molecule has 1 heterocycles. The highest BCUT2D eigenvalue weighted by atomic mass is 28.4. The summed E-state index contributed by atoms with van der Waals surface area (Å²) in [7, 11) is -3.18. The molecule has 1 aromatic rings. The number of hydrogen-bond donors (Lipinski definition) is 0. The summed E-state index contributed by atoms with van der Waals surface area (Å²) >= 11 is 0. The second kappa shape index (κ2) is 7.04. The summed E-state index contributed by atoms with van der Waals surface area (Å²) in [5.41, 5.74) is 0.871. The Hall–Kier alpha value is -1.86. The highest BCUT2D eigenvalue weighted by Gasteiger charge is 2.44. The summed E-state index contributed by atoms with van der Waals surface area (Å²) in [5, 5.41) is 0.693. The Morgan fingerprint density at radius 2 is 1.77 bits per heavy atom. The van der Waals surface area contributed by atoms with Crippen LogP contribution < -0.4 is 9.92 Å². The molecule has 142 valence electrons. The minimum atomic E-state index is -3.18. The van der Waals surface area contributed by atoms with E-state index in [2.05, 4.69) is 0 Å². The molecule has 0 bridgehead atoms. The predicted molar refractivity (Wildman–Crippen MR) is 97.0 cm³/mol. The predicted octanol–water partition coefficient (Wildman–Crippen LogP) is 2.91. The number of rotatable bonds is 4. The van der Waals surface area contributed by atoms with Crippen LogP contribution in [0.15, 0.2) is 18.2 Å². The highest BCUT2D eigenvalue weighted by molar-refractivity contribution is 6.82. The van der Waals surface area contributed by atoms with Gasteiger partial charge in [-0.1, -0.05) is 18.9 Å². The van der Waals surface area contributed by atoms with Crippen LogP contribution in [-0.2, 0) is 29.8 Å². The van der Waals surface area contributed by atoms with E-state index in [1.165, 1.54) is 26.7 Å². The Balaban J connectivity index is 1.87. The van der Waals surface area contributed by atoms with E-state index in [-0.39, 0.29) is 0 Å². The Bertz CT molecular complexity index is 696. The van der Waals surface area contributed by atoms with Gasteiger partial charge < -0.3 is 18.3 Å². The van der Waals surface area contributed by atoms with Gasteiger partial charge in [-0.05, 0) is 25.0 Å². The van der Waals surface area contributed by atoms with Crippen molar-refractivity contribution < 1.29 is 27.9 Å². The Morgan fingerprint density at radius 1 is 1.15 bits per heavy atom. The first-order valence-corrected chi connectivity index (χ1v) is 11.4. The van der Waals surface area contributed by atoms with E-state index in [4.69, 9.17) is 18.3 Å². The molecular formula is C19H26O6Si. The minimum absolute atomic E-state index is 0.400. The first-order chi connectivity index (χ1) is 12.2. The number of ether oxygens (including phenoxy) is 2. The molecule has 0 radical (unpaired) electrons. The minimum Gasteiger partial charge on any atom is -0.482 e. The topological polar surface area (TPSA) is 71.1 Å². The zero-order valence-corrected chi connectivity index (χ0v) is 16.8. The van der Waals surface area contributed by atoms with Gasteiger partial charge in [-0.15, -0.1) is 0 Å². The second-order valence-corrected chi connectivity index (χ2v) is 10.2. The SMILES string of the molecule is CC(=O)O[Si](C)(OC(C)=O)c1ccc2c(c1)COC(C)(C1CCCC1)O2. The fraction of sp³-hybridized carbons (Fsp3) is 0.579. The van der Waals surface area contributed by atoms with Gasteiger partial charge in [0.15, 0.2) is 0 Å². The van der Waals surface area contributed by atoms with Crippen molar-refractivity contribution in [3.05, 3.63) is 23.8 Å². The van der Waals surface area contributed by atoms with Crippen molar-refractivity contribution in [2.45, 2.75) is 65.4 Å². The fourth-order valence-corrected chi connectivity index (χ4v) is 6.08. The van der Waals surface area contributed by atoms with Crippen LogP contribution in [0.25, 0.3) is 0 Å². The van der Waals surface area contributed by atoms with Crippen LogP contribution in [0.5, 0.6) is 5.75 Å². The van der Waals surface area contributed by atoms with Gasteiger partial charge in [0.1, 0.15) is 5.75 Å². The van der Waals surface area contributed by atoms with Gasteiger partial charge in [-0.25, -0.2) is 0 Å². The Morgan fingerprint density at radius 3 is 2.35 bits per heavy atom. The van der Waals surface area contributed by atoms with E-state index in [0.717, 1.165) is 24.2 Å². The molecule has 1 aromatic carbocycles. The van der Waals surface area contributed by atoms with Gasteiger partial charge in [-0.2, -0.15) is 0 Å². The molecule has 7 heteroatoms. The third-order valence-electron chi connectivity index (χ3n) is 5.19. The van der Waals surface area contributed by atoms with Crippen molar-refractivity contribution in [2.75, 3.05) is 0 Å². The van der Waals surface area contributed by atoms with Gasteiger partial charge >= 0.3 is 8.56 Å². The van der Waals surface area contributed by atoms with E-state index < -0.39 is 26.3 Å². The lowest BCUT2D eigenvalue weighted by Crippen LogP contribution is -2.53. The molecular weight excluding hydrogens is 352 g/mol. The molecule has 1 unspecified atom stereocenters. The number of carbonyl (C=O) groups is 2. The lowest BCUT2D eigenvalue weighted by atomic mass is 9.97. The van der Waals surface area contributed by atoms with Crippen molar-refractivity contribution in [1.29, 1.82) is 0 Å². The Labute approximate surface area is 155 Å². The fourth-order valence-electron chi connectivity index (χ4n) is 3.88. The van der Waals surface area contributed by atoms with E-state index >= 15 is 0 Å². The number of benzene rings is 1. The maximum absolute atomic E-state index is 11.5. The van der Waals surface area contributed by atoms with Crippen LogP contribution >= 0.6 is 0 Å². The monoisotopic (exact) mass is 378 g/mol. The lowest BCUT2D eigenvalue weighted by molar-refractivity contribution is -0.224. The first kappa shape index (κ1) is 18.9.